The maximum atomic E-state index is 12.9. The normalized spacial score (nSPS) is 28.7. The molecule has 0 spiro atoms. The first-order valence-electron chi connectivity index (χ1n) is 14.3. The fourth-order valence-electron chi connectivity index (χ4n) is 7.86. The number of fused-ring (bicyclic) bond motifs is 9. The van der Waals surface area contributed by atoms with Crippen molar-refractivity contribution < 1.29 is 43.2 Å². The van der Waals surface area contributed by atoms with Gasteiger partial charge in [-0.05, 0) is 38.4 Å². The molecular formula is C31H31N3O9S. The summed E-state index contributed by atoms with van der Waals surface area (Å²) in [5, 5.41) is 11.1. The summed E-state index contributed by atoms with van der Waals surface area (Å²) >= 11 is 1.22. The average molecular weight is 622 g/mol. The largest absolute Gasteiger partial charge is 0.504 e. The summed E-state index contributed by atoms with van der Waals surface area (Å²) in [5.41, 5.74) is 4.20. The maximum Gasteiger partial charge on any atom is 0.375 e. The minimum atomic E-state index is -0.943. The van der Waals surface area contributed by atoms with Crippen molar-refractivity contribution in [1.82, 2.24) is 9.80 Å². The molecule has 12 nitrogen and oxygen atoms in total. The molecule has 5 heterocycles. The molecule has 4 bridgehead atoms. The van der Waals surface area contributed by atoms with Gasteiger partial charge in [0.2, 0.25) is 12.6 Å². The van der Waals surface area contributed by atoms with E-state index in [0.717, 1.165) is 11.1 Å². The van der Waals surface area contributed by atoms with Crippen molar-refractivity contribution in [1.29, 1.82) is 0 Å². The molecule has 230 valence electrons. The van der Waals surface area contributed by atoms with E-state index in [9.17, 15) is 19.5 Å². The number of cyclic esters (lactones) is 1. The Balaban J connectivity index is 1.57. The number of phenols is 1. The molecule has 2 aromatic carbocycles. The van der Waals surface area contributed by atoms with Crippen LogP contribution in [0.5, 0.6) is 28.7 Å². The van der Waals surface area contributed by atoms with Crippen molar-refractivity contribution in [3.05, 3.63) is 50.9 Å². The Morgan fingerprint density at radius 2 is 1.89 bits per heavy atom. The van der Waals surface area contributed by atoms with E-state index in [-0.39, 0.29) is 30.9 Å². The molecule has 0 aliphatic carbocycles. The number of methoxy groups -OCH3 is 1. The number of carbonyl (C=O) groups excluding carboxylic acids is 3. The number of ketones is 1. The van der Waals surface area contributed by atoms with Crippen molar-refractivity contribution in [2.75, 3.05) is 33.3 Å². The van der Waals surface area contributed by atoms with Crippen LogP contribution in [0.1, 0.15) is 57.6 Å². The number of likely N-dealkylation sites (N-methyl/N-ethyl adjacent to an activating group) is 1. The molecule has 1 unspecified atom stereocenters. The van der Waals surface area contributed by atoms with Crippen LogP contribution in [0, 0.1) is 20.4 Å². The lowest BCUT2D eigenvalue weighted by atomic mass is 9.72. The number of hydrogen-bond acceptors (Lipinski definition) is 12. The maximum absolute atomic E-state index is 12.9. The number of esters is 2. The molecule has 44 heavy (non-hydrogen) atoms. The second kappa shape index (κ2) is 10.3. The van der Waals surface area contributed by atoms with Crippen LogP contribution < -0.4 is 18.9 Å². The van der Waals surface area contributed by atoms with Crippen molar-refractivity contribution in [2.45, 2.75) is 62.8 Å². The summed E-state index contributed by atoms with van der Waals surface area (Å²) < 4.78 is 29.0. The summed E-state index contributed by atoms with van der Waals surface area (Å²) in [6, 6.07) is -0.0122. The molecule has 7 rings (SSSR count). The topological polar surface area (TPSA) is 128 Å². The molecule has 0 aromatic heterocycles. The zero-order valence-corrected chi connectivity index (χ0v) is 25.6. The van der Waals surface area contributed by atoms with Crippen LogP contribution in [0.15, 0.2) is 6.07 Å². The van der Waals surface area contributed by atoms with Gasteiger partial charge in [0.25, 0.3) is 6.17 Å². The molecule has 5 aliphatic heterocycles. The van der Waals surface area contributed by atoms with E-state index in [1.165, 1.54) is 25.8 Å². The number of aryl methyl sites for hydroxylation is 1. The number of Topliss-reactive ketones (excluding diaryl/α,β-unsaturated/α-hetero) is 1. The summed E-state index contributed by atoms with van der Waals surface area (Å²) in [5.74, 6) is -0.808. The quantitative estimate of drug-likeness (QED) is 0.229. The second-order valence-corrected chi connectivity index (χ2v) is 12.8. The molecule has 13 heteroatoms. The van der Waals surface area contributed by atoms with Gasteiger partial charge in [0.1, 0.15) is 18.4 Å². The highest BCUT2D eigenvalue weighted by Crippen LogP contribution is 2.64. The molecule has 0 radical (unpaired) electrons. The van der Waals surface area contributed by atoms with Gasteiger partial charge in [-0.2, -0.15) is 0 Å². The fraction of sp³-hybridized carbons (Fsp3) is 0.484. The van der Waals surface area contributed by atoms with Gasteiger partial charge in [-0.15, -0.1) is 11.8 Å². The summed E-state index contributed by atoms with van der Waals surface area (Å²) in [4.78, 5) is 46.5. The molecule has 6 atom stereocenters. The zero-order chi connectivity index (χ0) is 31.2. The van der Waals surface area contributed by atoms with Crippen LogP contribution in [0.3, 0.4) is 0 Å². The first-order chi connectivity index (χ1) is 21.1. The smallest absolute Gasteiger partial charge is 0.375 e. The molecular weight excluding hydrogens is 590 g/mol. The van der Waals surface area contributed by atoms with Crippen molar-refractivity contribution >= 4 is 29.5 Å². The Morgan fingerprint density at radius 3 is 2.59 bits per heavy atom. The number of aromatic hydroxyl groups is 1. The van der Waals surface area contributed by atoms with Crippen molar-refractivity contribution in [3.8, 4) is 28.7 Å². The molecule has 0 saturated carbocycles. The average Bonchev–Trinajstić information content (AvgIpc) is 3.47. The SMILES string of the molecule is [C-]#[N+][C@H]1[C@@H]2Cc3cc(C)c(OC)c(O)c3[C@@H](C3[C@@H]4SCC(=O)C(=O)OC[C@H](c5c6c(c(C)c(OC(C)=O)c54)OCO6)N31)N2C. The van der Waals surface area contributed by atoms with Gasteiger partial charge in [-0.1, -0.05) is 6.07 Å². The molecule has 1 N–H and O–H groups in total. The number of benzene rings is 2. The van der Waals surface area contributed by atoms with Crippen LogP contribution in [-0.2, 0) is 25.5 Å². The minimum Gasteiger partial charge on any atom is -0.504 e. The van der Waals surface area contributed by atoms with E-state index in [1.54, 1.807) is 6.92 Å². The Morgan fingerprint density at radius 1 is 1.14 bits per heavy atom. The number of ether oxygens (including phenoxy) is 5. The number of hydrogen-bond donors (Lipinski definition) is 1. The number of piperazine rings is 1. The van der Waals surface area contributed by atoms with Gasteiger partial charge in [-0.3, -0.25) is 19.3 Å². The highest BCUT2D eigenvalue weighted by molar-refractivity contribution is 8.00. The first kappa shape index (κ1) is 28.8. The monoisotopic (exact) mass is 621 g/mol. The lowest BCUT2D eigenvalue weighted by Crippen LogP contribution is -2.68. The van der Waals surface area contributed by atoms with Gasteiger partial charge in [0.15, 0.2) is 23.0 Å². The Labute approximate surface area is 257 Å². The van der Waals surface area contributed by atoms with Gasteiger partial charge in [0.05, 0.1) is 36.2 Å². The van der Waals surface area contributed by atoms with E-state index < -0.39 is 47.3 Å². The molecule has 2 fully saturated rings. The number of rotatable bonds is 2. The van der Waals surface area contributed by atoms with Crippen molar-refractivity contribution in [2.24, 2.45) is 0 Å². The third-order valence-corrected chi connectivity index (χ3v) is 10.8. The number of carbonyl (C=O) groups is 3. The highest BCUT2D eigenvalue weighted by Gasteiger charge is 2.63. The van der Waals surface area contributed by atoms with E-state index in [1.807, 2.05) is 20.0 Å². The lowest BCUT2D eigenvalue weighted by Gasteiger charge is -2.59. The van der Waals surface area contributed by atoms with Crippen molar-refractivity contribution in [3.63, 3.8) is 0 Å². The molecule has 2 aromatic rings. The third-order valence-electron chi connectivity index (χ3n) is 9.51. The van der Waals surface area contributed by atoms with Crippen LogP contribution in [0.25, 0.3) is 4.85 Å². The van der Waals surface area contributed by atoms with Gasteiger partial charge < -0.3 is 28.8 Å². The standard InChI is InChI=1S/C31H31N3O9S/c1-12-7-15-8-16-30(32-4)34-17-9-40-31(38)18(36)10-44-29(23(34)22(33(16)5)19(15)24(37)25(12)39-6)21-20(17)28-27(41-11-42-28)13(2)26(21)43-14(3)35/h7,16-17,22-23,29-30,37H,8-11H2,1-3,5-6H3/t16-,17+,22-,23?,29+,30+/m0/s1. The van der Waals surface area contributed by atoms with Gasteiger partial charge in [-0.25, -0.2) is 16.3 Å². The van der Waals surface area contributed by atoms with Crippen LogP contribution >= 0.6 is 11.8 Å². The number of thioether (sulfide) groups is 1. The van der Waals surface area contributed by atoms with E-state index in [0.29, 0.717) is 51.7 Å². The molecule has 5 aliphatic rings. The third kappa shape index (κ3) is 3.87. The van der Waals surface area contributed by atoms with Gasteiger partial charge in [0, 0.05) is 29.2 Å². The Bertz CT molecular complexity index is 1690. The second-order valence-electron chi connectivity index (χ2n) is 11.7. The lowest BCUT2D eigenvalue weighted by molar-refractivity contribution is -0.157. The van der Waals surface area contributed by atoms with Crippen LogP contribution in [0.2, 0.25) is 0 Å². The molecule has 2 saturated heterocycles. The predicted molar refractivity (Wildman–Crippen MR) is 156 cm³/mol. The van der Waals surface area contributed by atoms with E-state index >= 15 is 0 Å². The first-order valence-corrected chi connectivity index (χ1v) is 15.3. The van der Waals surface area contributed by atoms with E-state index in [4.69, 9.17) is 30.3 Å². The van der Waals surface area contributed by atoms with Gasteiger partial charge >= 0.3 is 11.9 Å². The summed E-state index contributed by atoms with van der Waals surface area (Å²) in [6.45, 7) is 13.1. The Hall–Kier alpha value is -3.99. The number of nitrogens with zero attached hydrogens (tertiary/aromatic N) is 3. The zero-order valence-electron chi connectivity index (χ0n) is 24.8. The number of phenolic OH excluding ortho intramolecular Hbond substituents is 1. The minimum absolute atomic E-state index is 0.0294. The predicted octanol–water partition coefficient (Wildman–Crippen LogP) is 3.15. The van der Waals surface area contributed by atoms with E-state index in [2.05, 4.69) is 14.6 Å². The summed E-state index contributed by atoms with van der Waals surface area (Å²) in [6.07, 6.45) is -0.192. The molecule has 0 amide bonds. The highest BCUT2D eigenvalue weighted by atomic mass is 32.2. The van der Waals surface area contributed by atoms with Crippen LogP contribution in [0.4, 0.5) is 0 Å². The summed E-state index contributed by atoms with van der Waals surface area (Å²) in [7, 11) is 3.46. The van der Waals surface area contributed by atoms with Crippen LogP contribution in [-0.4, -0.2) is 84.2 Å². The fourth-order valence-corrected chi connectivity index (χ4v) is 9.20. The Kier molecular flexibility index (Phi) is 6.73.